The zero-order chi connectivity index (χ0) is 13.7. The maximum absolute atomic E-state index is 11.3. The number of nitrogens with one attached hydrogen (secondary N) is 1. The Bertz CT molecular complexity index is 344. The van der Waals surface area contributed by atoms with Crippen molar-refractivity contribution in [2.75, 3.05) is 12.8 Å². The van der Waals surface area contributed by atoms with Crippen molar-refractivity contribution in [3.8, 4) is 0 Å². The molecule has 7 heteroatoms. The van der Waals surface area contributed by atoms with E-state index in [2.05, 4.69) is 5.32 Å². The lowest BCUT2D eigenvalue weighted by molar-refractivity contribution is 0.0501. The van der Waals surface area contributed by atoms with Crippen LogP contribution in [0, 0.1) is 0 Å². The Labute approximate surface area is 103 Å². The van der Waals surface area contributed by atoms with Crippen molar-refractivity contribution in [2.24, 2.45) is 0 Å². The molecule has 0 aliphatic rings. The molecular formula is C10H21NO5S. The van der Waals surface area contributed by atoms with Crippen LogP contribution in [-0.4, -0.2) is 39.0 Å². The molecule has 102 valence electrons. The van der Waals surface area contributed by atoms with Crippen LogP contribution in [0.1, 0.15) is 34.1 Å². The zero-order valence-corrected chi connectivity index (χ0v) is 11.8. The van der Waals surface area contributed by atoms with Gasteiger partial charge >= 0.3 is 6.09 Å². The summed E-state index contributed by atoms with van der Waals surface area (Å²) >= 11 is 0. The van der Waals surface area contributed by atoms with Crippen molar-refractivity contribution in [2.45, 2.75) is 45.8 Å². The van der Waals surface area contributed by atoms with Crippen LogP contribution >= 0.6 is 0 Å². The van der Waals surface area contributed by atoms with Gasteiger partial charge in [0, 0.05) is 6.54 Å². The normalized spacial score (nSPS) is 14.2. The number of carbonyl (C=O) groups excluding carboxylic acids is 1. The molecule has 0 aromatic carbocycles. The molecule has 1 amide bonds. The number of hydrogen-bond donors (Lipinski definition) is 1. The minimum absolute atomic E-state index is 0.0957. The van der Waals surface area contributed by atoms with Gasteiger partial charge in [-0.3, -0.25) is 4.18 Å². The SMILES string of the molecule is CC[C@H](CNC(=O)OC(C)(C)C)OS(C)(=O)=O. The fraction of sp³-hybridized carbons (Fsp3) is 0.900. The van der Waals surface area contributed by atoms with Crippen LogP contribution in [0.4, 0.5) is 4.79 Å². The fourth-order valence-electron chi connectivity index (χ4n) is 1.00. The Morgan fingerprint density at radius 3 is 2.24 bits per heavy atom. The molecule has 0 bridgehead atoms. The molecule has 0 saturated heterocycles. The molecule has 0 unspecified atom stereocenters. The van der Waals surface area contributed by atoms with Crippen LogP contribution < -0.4 is 5.32 Å². The van der Waals surface area contributed by atoms with Crippen molar-refractivity contribution < 1.29 is 22.1 Å². The first-order valence-electron chi connectivity index (χ1n) is 5.38. The molecule has 1 atom stereocenters. The Hall–Kier alpha value is -0.820. The third-order valence-corrected chi connectivity index (χ3v) is 2.26. The summed E-state index contributed by atoms with van der Waals surface area (Å²) in [4.78, 5) is 11.3. The second-order valence-electron chi connectivity index (χ2n) is 4.71. The second-order valence-corrected chi connectivity index (χ2v) is 6.31. The average Bonchev–Trinajstić information content (AvgIpc) is 2.07. The Kier molecular flexibility index (Phi) is 5.91. The van der Waals surface area contributed by atoms with Crippen molar-refractivity contribution in [1.29, 1.82) is 0 Å². The molecule has 17 heavy (non-hydrogen) atoms. The Balaban J connectivity index is 4.12. The van der Waals surface area contributed by atoms with Gasteiger partial charge in [0.2, 0.25) is 0 Å². The fourth-order valence-corrected chi connectivity index (χ4v) is 1.70. The quantitative estimate of drug-likeness (QED) is 0.758. The summed E-state index contributed by atoms with van der Waals surface area (Å²) < 4.78 is 31.6. The molecule has 0 fully saturated rings. The lowest BCUT2D eigenvalue weighted by atomic mass is 10.2. The maximum Gasteiger partial charge on any atom is 0.407 e. The smallest absolute Gasteiger partial charge is 0.407 e. The molecule has 0 aliphatic heterocycles. The summed E-state index contributed by atoms with van der Waals surface area (Å²) in [5.74, 6) is 0. The highest BCUT2D eigenvalue weighted by molar-refractivity contribution is 7.86. The van der Waals surface area contributed by atoms with Gasteiger partial charge in [0.15, 0.2) is 0 Å². The molecular weight excluding hydrogens is 246 g/mol. The predicted molar refractivity (Wildman–Crippen MR) is 64.2 cm³/mol. The van der Waals surface area contributed by atoms with E-state index >= 15 is 0 Å². The summed E-state index contributed by atoms with van der Waals surface area (Å²) in [7, 11) is -3.51. The molecule has 0 spiro atoms. The first kappa shape index (κ1) is 16.2. The molecule has 0 radical (unpaired) electrons. The topological polar surface area (TPSA) is 81.7 Å². The van der Waals surface area contributed by atoms with Gasteiger partial charge in [-0.15, -0.1) is 0 Å². The predicted octanol–water partition coefficient (Wildman–Crippen LogP) is 1.27. The number of alkyl carbamates (subject to hydrolysis) is 1. The molecule has 0 saturated carbocycles. The third-order valence-electron chi connectivity index (χ3n) is 1.64. The van der Waals surface area contributed by atoms with Gasteiger partial charge in [0.05, 0.1) is 12.4 Å². The summed E-state index contributed by atoms with van der Waals surface area (Å²) in [5.41, 5.74) is -0.580. The van der Waals surface area contributed by atoms with Gasteiger partial charge in [-0.1, -0.05) is 6.92 Å². The van der Waals surface area contributed by atoms with E-state index in [4.69, 9.17) is 8.92 Å². The van der Waals surface area contributed by atoms with Gasteiger partial charge in [0.25, 0.3) is 10.1 Å². The van der Waals surface area contributed by atoms with Crippen LogP contribution in [-0.2, 0) is 19.0 Å². The Morgan fingerprint density at radius 2 is 1.88 bits per heavy atom. The van der Waals surface area contributed by atoms with Crippen molar-refractivity contribution >= 4 is 16.2 Å². The monoisotopic (exact) mass is 267 g/mol. The molecule has 0 aliphatic carbocycles. The van der Waals surface area contributed by atoms with Gasteiger partial charge in [0.1, 0.15) is 5.60 Å². The average molecular weight is 267 g/mol. The van der Waals surface area contributed by atoms with Crippen LogP contribution in [0.2, 0.25) is 0 Å². The van der Waals surface area contributed by atoms with E-state index in [1.54, 1.807) is 27.7 Å². The van der Waals surface area contributed by atoms with Crippen LogP contribution in [0.5, 0.6) is 0 Å². The highest BCUT2D eigenvalue weighted by atomic mass is 32.2. The minimum atomic E-state index is -3.51. The lowest BCUT2D eigenvalue weighted by Crippen LogP contribution is -2.38. The first-order chi connectivity index (χ1) is 7.53. The van der Waals surface area contributed by atoms with Crippen LogP contribution in [0.15, 0.2) is 0 Å². The third kappa shape index (κ3) is 10.1. The van der Waals surface area contributed by atoms with E-state index in [9.17, 15) is 13.2 Å². The minimum Gasteiger partial charge on any atom is -0.444 e. The summed E-state index contributed by atoms with van der Waals surface area (Å²) in [6.45, 7) is 7.11. The standard InChI is InChI=1S/C10H21NO5S/c1-6-8(16-17(5,13)14)7-11-9(12)15-10(2,3)4/h8H,6-7H2,1-5H3,(H,11,12)/t8-/m1/s1. The molecule has 6 nitrogen and oxygen atoms in total. The summed E-state index contributed by atoms with van der Waals surface area (Å²) in [5, 5.41) is 2.46. The van der Waals surface area contributed by atoms with Gasteiger partial charge < -0.3 is 10.1 Å². The molecule has 0 aromatic heterocycles. The van der Waals surface area contributed by atoms with Gasteiger partial charge in [-0.05, 0) is 27.2 Å². The van der Waals surface area contributed by atoms with Crippen LogP contribution in [0.25, 0.3) is 0 Å². The first-order valence-corrected chi connectivity index (χ1v) is 7.20. The molecule has 0 aromatic rings. The Morgan fingerprint density at radius 1 is 1.35 bits per heavy atom. The number of ether oxygens (including phenoxy) is 1. The van der Waals surface area contributed by atoms with Crippen LogP contribution in [0.3, 0.4) is 0 Å². The van der Waals surface area contributed by atoms with Gasteiger partial charge in [-0.25, -0.2) is 4.79 Å². The zero-order valence-electron chi connectivity index (χ0n) is 10.9. The second kappa shape index (κ2) is 6.20. The highest BCUT2D eigenvalue weighted by Gasteiger charge is 2.18. The number of amides is 1. The van der Waals surface area contributed by atoms with Crippen molar-refractivity contribution in [1.82, 2.24) is 5.32 Å². The van der Waals surface area contributed by atoms with E-state index < -0.39 is 27.9 Å². The highest BCUT2D eigenvalue weighted by Crippen LogP contribution is 2.07. The molecule has 1 N–H and O–H groups in total. The van der Waals surface area contributed by atoms with Gasteiger partial charge in [-0.2, -0.15) is 8.42 Å². The van der Waals surface area contributed by atoms with E-state index in [-0.39, 0.29) is 6.54 Å². The number of rotatable bonds is 5. The number of carbonyl (C=O) groups is 1. The largest absolute Gasteiger partial charge is 0.444 e. The van der Waals surface area contributed by atoms with E-state index in [1.165, 1.54) is 0 Å². The van der Waals surface area contributed by atoms with E-state index in [0.29, 0.717) is 6.42 Å². The van der Waals surface area contributed by atoms with E-state index in [0.717, 1.165) is 6.26 Å². The maximum atomic E-state index is 11.3. The summed E-state index contributed by atoms with van der Waals surface area (Å²) in [6, 6.07) is 0. The summed E-state index contributed by atoms with van der Waals surface area (Å²) in [6.07, 6.45) is 0.289. The molecule has 0 heterocycles. The van der Waals surface area contributed by atoms with Crippen molar-refractivity contribution in [3.05, 3.63) is 0 Å². The van der Waals surface area contributed by atoms with Crippen molar-refractivity contribution in [3.63, 3.8) is 0 Å². The van der Waals surface area contributed by atoms with E-state index in [1.807, 2.05) is 0 Å². The number of hydrogen-bond acceptors (Lipinski definition) is 5. The molecule has 0 rings (SSSR count). The lowest BCUT2D eigenvalue weighted by Gasteiger charge is -2.21.